The van der Waals surface area contributed by atoms with Gasteiger partial charge in [0, 0.05) is 5.57 Å². The van der Waals surface area contributed by atoms with Crippen LogP contribution in [-0.4, -0.2) is 45.2 Å². The molecule has 7 heteroatoms. The zero-order valence-electron chi connectivity index (χ0n) is 29.0. The van der Waals surface area contributed by atoms with E-state index in [9.17, 15) is 9.59 Å². The molecule has 1 aliphatic heterocycles. The Morgan fingerprint density at radius 2 is 1.43 bits per heavy atom. The van der Waals surface area contributed by atoms with Crippen molar-refractivity contribution in [2.75, 3.05) is 33.0 Å². The predicted octanol–water partition coefficient (Wildman–Crippen LogP) is 9.87. The van der Waals surface area contributed by atoms with Gasteiger partial charge in [0.2, 0.25) is 0 Å². The Bertz CT molecular complexity index is 1250. The summed E-state index contributed by atoms with van der Waals surface area (Å²) in [7, 11) is 0. The van der Waals surface area contributed by atoms with Crippen LogP contribution in [0.3, 0.4) is 0 Å². The number of benzene rings is 2. The minimum absolute atomic E-state index is 0.269. The average Bonchev–Trinajstić information content (AvgIpc) is 3.03. The molecule has 2 aromatic rings. The molecule has 0 atom stereocenters. The molecule has 0 spiro atoms. The lowest BCUT2D eigenvalue weighted by Crippen LogP contribution is -2.41. The number of esters is 1. The Balaban J connectivity index is 1.62. The monoisotopic (exact) mass is 636 g/mol. The van der Waals surface area contributed by atoms with Crippen LogP contribution in [-0.2, 0) is 25.4 Å². The van der Waals surface area contributed by atoms with Crippen LogP contribution in [0.5, 0.6) is 11.5 Å². The van der Waals surface area contributed by atoms with Gasteiger partial charge in [0.05, 0.1) is 18.6 Å². The molecule has 0 amide bonds. The molecule has 254 valence electrons. The van der Waals surface area contributed by atoms with Gasteiger partial charge in [-0.1, -0.05) is 77.4 Å². The molecule has 46 heavy (non-hydrogen) atoms. The number of rotatable bonds is 21. The van der Waals surface area contributed by atoms with Crippen molar-refractivity contribution < 1.29 is 33.3 Å². The molecule has 2 aromatic carbocycles. The van der Waals surface area contributed by atoms with Gasteiger partial charge in [-0.25, -0.2) is 9.59 Å². The Labute approximate surface area is 277 Å². The van der Waals surface area contributed by atoms with Crippen LogP contribution in [0.25, 0.3) is 11.1 Å². The second kappa shape index (κ2) is 19.2. The Kier molecular flexibility index (Phi) is 15.5. The van der Waals surface area contributed by atoms with E-state index in [1.807, 2.05) is 20.8 Å². The fourth-order valence-electron chi connectivity index (χ4n) is 5.64. The first-order valence-corrected chi connectivity index (χ1v) is 17.2. The van der Waals surface area contributed by atoms with E-state index in [0.29, 0.717) is 31.8 Å². The van der Waals surface area contributed by atoms with Gasteiger partial charge >= 0.3 is 12.1 Å². The van der Waals surface area contributed by atoms with Crippen molar-refractivity contribution in [3.63, 3.8) is 0 Å². The number of carbonyl (C=O) groups excluding carboxylic acids is 2. The highest BCUT2D eigenvalue weighted by atomic mass is 16.7. The van der Waals surface area contributed by atoms with E-state index >= 15 is 0 Å². The van der Waals surface area contributed by atoms with E-state index in [1.54, 1.807) is 6.92 Å². The van der Waals surface area contributed by atoms with Crippen molar-refractivity contribution in [2.24, 2.45) is 5.41 Å². The lowest BCUT2D eigenvalue weighted by molar-refractivity contribution is -0.139. The van der Waals surface area contributed by atoms with Crippen molar-refractivity contribution in [2.45, 2.75) is 112 Å². The molecule has 0 unspecified atom stereocenters. The maximum atomic E-state index is 11.9. The molecule has 0 radical (unpaired) electrons. The molecule has 1 fully saturated rings. The molecule has 7 nitrogen and oxygen atoms in total. The van der Waals surface area contributed by atoms with Crippen molar-refractivity contribution in [3.05, 3.63) is 59.2 Å². The minimum Gasteiger partial charge on any atom is -0.493 e. The number of hydrogen-bond donors (Lipinski definition) is 0. The van der Waals surface area contributed by atoms with Gasteiger partial charge in [0.25, 0.3) is 0 Å². The summed E-state index contributed by atoms with van der Waals surface area (Å²) in [4.78, 5) is 23.2. The number of unbranched alkanes of at least 4 members (excludes halogenated alkanes) is 9. The third-order valence-corrected chi connectivity index (χ3v) is 8.42. The number of cyclic esters (lactones) is 2. The van der Waals surface area contributed by atoms with Crippen LogP contribution in [0.1, 0.15) is 108 Å². The molecule has 1 heterocycles. The second-order valence-electron chi connectivity index (χ2n) is 13.2. The molecule has 1 saturated heterocycles. The zero-order valence-corrected chi connectivity index (χ0v) is 29.0. The largest absolute Gasteiger partial charge is 0.508 e. The highest BCUT2D eigenvalue weighted by Crippen LogP contribution is 2.34. The smallest absolute Gasteiger partial charge is 0.493 e. The number of hydrogen-bond acceptors (Lipinski definition) is 7. The number of carbonyl (C=O) groups is 2. The number of ether oxygens (including phenoxy) is 5. The van der Waals surface area contributed by atoms with Gasteiger partial charge < -0.3 is 23.7 Å². The fraction of sp³-hybridized carbons (Fsp3) is 0.590. The topological polar surface area (TPSA) is 80.3 Å². The van der Waals surface area contributed by atoms with Crippen LogP contribution >= 0.6 is 0 Å². The summed E-state index contributed by atoms with van der Waals surface area (Å²) < 4.78 is 28.1. The summed E-state index contributed by atoms with van der Waals surface area (Å²) in [6.45, 7) is 15.6. The van der Waals surface area contributed by atoms with Crippen molar-refractivity contribution in [3.8, 4) is 22.6 Å². The van der Waals surface area contributed by atoms with E-state index in [4.69, 9.17) is 23.7 Å². The Morgan fingerprint density at radius 3 is 2.04 bits per heavy atom. The molecule has 0 aromatic heterocycles. The summed E-state index contributed by atoms with van der Waals surface area (Å²) in [5, 5.41) is 0. The summed E-state index contributed by atoms with van der Waals surface area (Å²) in [6.07, 6.45) is 13.7. The van der Waals surface area contributed by atoms with Gasteiger partial charge in [-0.2, -0.15) is 0 Å². The molecule has 3 rings (SSSR count). The van der Waals surface area contributed by atoms with Crippen molar-refractivity contribution >= 4 is 12.1 Å². The van der Waals surface area contributed by atoms with E-state index in [2.05, 4.69) is 43.8 Å². The lowest BCUT2D eigenvalue weighted by Gasteiger charge is -2.32. The van der Waals surface area contributed by atoms with Crippen LogP contribution < -0.4 is 9.47 Å². The third-order valence-electron chi connectivity index (χ3n) is 8.42. The average molecular weight is 637 g/mol. The predicted molar refractivity (Wildman–Crippen MR) is 184 cm³/mol. The summed E-state index contributed by atoms with van der Waals surface area (Å²) >= 11 is 0. The lowest BCUT2D eigenvalue weighted by atomic mass is 9.93. The first-order valence-electron chi connectivity index (χ1n) is 17.2. The molecule has 0 aliphatic carbocycles. The van der Waals surface area contributed by atoms with Crippen molar-refractivity contribution in [1.29, 1.82) is 0 Å². The molecule has 1 aliphatic rings. The maximum absolute atomic E-state index is 11.9. The van der Waals surface area contributed by atoms with Gasteiger partial charge in [-0.05, 0) is 99.0 Å². The van der Waals surface area contributed by atoms with E-state index < -0.39 is 11.6 Å². The molecular formula is C39H56O7. The standard InChI is InChI=1S/C39H56O7/c1-7-8-9-10-11-12-13-14-15-16-21-42-35-20-19-32(25-33(35)18-17-22-43-37(40)29(2)3)34-23-30(4)36(31(5)24-34)44-26-39(6)27-45-38(41)46-28-39/h19-20,23-25H,2,7-18,21-22,26-28H2,1,3-6H3. The quantitative estimate of drug-likeness (QED) is 0.0766. The van der Waals surface area contributed by atoms with Gasteiger partial charge in [0.15, 0.2) is 0 Å². The number of aryl methyl sites for hydroxylation is 3. The first kappa shape index (κ1) is 37.0. The highest BCUT2D eigenvalue weighted by molar-refractivity contribution is 5.86. The van der Waals surface area contributed by atoms with E-state index in [0.717, 1.165) is 52.2 Å². The normalized spacial score (nSPS) is 13.9. The fourth-order valence-corrected chi connectivity index (χ4v) is 5.64. The van der Waals surface area contributed by atoms with E-state index in [-0.39, 0.29) is 19.2 Å². The summed E-state index contributed by atoms with van der Waals surface area (Å²) in [6, 6.07) is 10.7. The van der Waals surface area contributed by atoms with Crippen LogP contribution in [0, 0.1) is 19.3 Å². The van der Waals surface area contributed by atoms with Crippen LogP contribution in [0.15, 0.2) is 42.5 Å². The molecule has 0 bridgehead atoms. The second-order valence-corrected chi connectivity index (χ2v) is 13.2. The Hall–Kier alpha value is -3.48. The third kappa shape index (κ3) is 12.4. The van der Waals surface area contributed by atoms with Crippen molar-refractivity contribution in [1.82, 2.24) is 0 Å². The first-order chi connectivity index (χ1) is 22.1. The van der Waals surface area contributed by atoms with Crippen LogP contribution in [0.4, 0.5) is 4.79 Å². The Morgan fingerprint density at radius 1 is 0.826 bits per heavy atom. The molecular weight excluding hydrogens is 580 g/mol. The molecule has 0 saturated carbocycles. The zero-order chi connectivity index (χ0) is 33.4. The van der Waals surface area contributed by atoms with Crippen LogP contribution in [0.2, 0.25) is 0 Å². The molecule has 0 N–H and O–H groups in total. The summed E-state index contributed by atoms with van der Waals surface area (Å²) in [5.74, 6) is 1.37. The van der Waals surface area contributed by atoms with Gasteiger partial charge in [-0.15, -0.1) is 0 Å². The highest BCUT2D eigenvalue weighted by Gasteiger charge is 2.34. The van der Waals surface area contributed by atoms with E-state index in [1.165, 1.54) is 57.8 Å². The minimum atomic E-state index is -0.628. The van der Waals surface area contributed by atoms with Gasteiger partial charge in [0.1, 0.15) is 31.3 Å². The maximum Gasteiger partial charge on any atom is 0.508 e. The summed E-state index contributed by atoms with van der Waals surface area (Å²) in [5.41, 5.74) is 5.36. The van der Waals surface area contributed by atoms with Gasteiger partial charge in [-0.3, -0.25) is 0 Å². The SMILES string of the molecule is C=C(C)C(=O)OCCCc1cc(-c2cc(C)c(OCC3(C)COC(=O)OC3)c(C)c2)ccc1OCCCCCCCCCCCC.